The van der Waals surface area contributed by atoms with Crippen molar-refractivity contribution in [1.82, 2.24) is 10.2 Å². The zero-order valence-electron chi connectivity index (χ0n) is 12.9. The zero-order valence-corrected chi connectivity index (χ0v) is 12.9. The van der Waals surface area contributed by atoms with E-state index in [2.05, 4.69) is 10.1 Å². The summed E-state index contributed by atoms with van der Waals surface area (Å²) in [6, 6.07) is 4.89. The molecule has 6 heteroatoms. The molecule has 2 rings (SSSR count). The molecule has 1 atom stereocenters. The van der Waals surface area contributed by atoms with Crippen molar-refractivity contribution >= 4 is 12.0 Å². The largest absolute Gasteiger partial charge is 0.468 e. The Bertz CT molecular complexity index is 562. The number of carbonyl (C=O) groups excluding carboxylic acids is 2. The van der Waals surface area contributed by atoms with E-state index in [0.29, 0.717) is 24.6 Å². The highest BCUT2D eigenvalue weighted by atomic mass is 19.1. The first-order valence-electron chi connectivity index (χ1n) is 7.34. The number of urea groups is 1. The molecule has 0 aromatic heterocycles. The fourth-order valence-corrected chi connectivity index (χ4v) is 2.68. The topological polar surface area (TPSA) is 58.6 Å². The van der Waals surface area contributed by atoms with Gasteiger partial charge in [-0.3, -0.25) is 4.79 Å². The van der Waals surface area contributed by atoms with Crippen LogP contribution in [-0.2, 0) is 16.0 Å². The summed E-state index contributed by atoms with van der Waals surface area (Å²) in [5.41, 5.74) is 1.73. The van der Waals surface area contributed by atoms with E-state index >= 15 is 0 Å². The number of carbonyl (C=O) groups is 2. The quantitative estimate of drug-likeness (QED) is 0.864. The van der Waals surface area contributed by atoms with E-state index in [9.17, 15) is 14.0 Å². The number of halogens is 1. The number of hydrogen-bond donors (Lipinski definition) is 1. The van der Waals surface area contributed by atoms with Crippen LogP contribution in [0.1, 0.15) is 17.5 Å². The lowest BCUT2D eigenvalue weighted by Crippen LogP contribution is -2.41. The van der Waals surface area contributed by atoms with Crippen molar-refractivity contribution in [3.05, 3.63) is 35.1 Å². The van der Waals surface area contributed by atoms with Gasteiger partial charge in [0.05, 0.1) is 7.11 Å². The Morgan fingerprint density at radius 2 is 2.23 bits per heavy atom. The van der Waals surface area contributed by atoms with Crippen LogP contribution in [0.15, 0.2) is 18.2 Å². The van der Waals surface area contributed by atoms with Crippen molar-refractivity contribution in [3.63, 3.8) is 0 Å². The SMILES string of the molecule is COC(=O)CNC(=O)N1CCC(Cc2ccc(F)c(C)c2)C1. The van der Waals surface area contributed by atoms with Gasteiger partial charge in [-0.15, -0.1) is 0 Å². The molecule has 1 aliphatic heterocycles. The summed E-state index contributed by atoms with van der Waals surface area (Å²) in [4.78, 5) is 24.6. The number of benzene rings is 1. The predicted octanol–water partition coefficient (Wildman–Crippen LogP) is 1.88. The maximum Gasteiger partial charge on any atom is 0.325 e. The van der Waals surface area contributed by atoms with Gasteiger partial charge in [-0.2, -0.15) is 0 Å². The Morgan fingerprint density at radius 1 is 1.45 bits per heavy atom. The fourth-order valence-electron chi connectivity index (χ4n) is 2.68. The molecule has 1 aromatic rings. The van der Waals surface area contributed by atoms with Gasteiger partial charge in [-0.05, 0) is 42.9 Å². The van der Waals surface area contributed by atoms with E-state index in [0.717, 1.165) is 18.4 Å². The zero-order chi connectivity index (χ0) is 16.1. The average molecular weight is 308 g/mol. The molecule has 1 unspecified atom stereocenters. The summed E-state index contributed by atoms with van der Waals surface area (Å²) < 4.78 is 17.7. The maximum atomic E-state index is 13.3. The van der Waals surface area contributed by atoms with Crippen LogP contribution in [0, 0.1) is 18.7 Å². The molecule has 0 bridgehead atoms. The van der Waals surface area contributed by atoms with Gasteiger partial charge in [-0.1, -0.05) is 12.1 Å². The van der Waals surface area contributed by atoms with Crippen molar-refractivity contribution in [2.75, 3.05) is 26.7 Å². The van der Waals surface area contributed by atoms with E-state index in [1.165, 1.54) is 13.2 Å². The summed E-state index contributed by atoms with van der Waals surface area (Å²) in [6.45, 7) is 2.94. The molecule has 0 spiro atoms. The van der Waals surface area contributed by atoms with Crippen molar-refractivity contribution in [3.8, 4) is 0 Å². The molecule has 1 N–H and O–H groups in total. The molecule has 1 heterocycles. The smallest absolute Gasteiger partial charge is 0.325 e. The normalized spacial score (nSPS) is 17.4. The average Bonchev–Trinajstić information content (AvgIpc) is 2.96. The van der Waals surface area contributed by atoms with Crippen LogP contribution in [-0.4, -0.2) is 43.6 Å². The number of methoxy groups -OCH3 is 1. The van der Waals surface area contributed by atoms with E-state index in [1.54, 1.807) is 17.9 Å². The van der Waals surface area contributed by atoms with Gasteiger partial charge in [-0.25, -0.2) is 9.18 Å². The Balaban J connectivity index is 1.83. The lowest BCUT2D eigenvalue weighted by Gasteiger charge is -2.17. The predicted molar refractivity (Wildman–Crippen MR) is 79.9 cm³/mol. The van der Waals surface area contributed by atoms with Gasteiger partial charge < -0.3 is 15.0 Å². The molecule has 0 saturated carbocycles. The van der Waals surface area contributed by atoms with Gasteiger partial charge in [0.25, 0.3) is 0 Å². The number of nitrogens with zero attached hydrogens (tertiary/aromatic N) is 1. The van der Waals surface area contributed by atoms with Gasteiger partial charge in [0, 0.05) is 13.1 Å². The molecule has 1 fully saturated rings. The van der Waals surface area contributed by atoms with Crippen LogP contribution in [0.25, 0.3) is 0 Å². The molecular weight excluding hydrogens is 287 g/mol. The Kier molecular flexibility index (Phi) is 5.35. The molecule has 120 valence electrons. The number of rotatable bonds is 4. The van der Waals surface area contributed by atoms with Crippen molar-refractivity contribution in [1.29, 1.82) is 0 Å². The molecule has 22 heavy (non-hydrogen) atoms. The number of amides is 2. The Morgan fingerprint density at radius 3 is 2.91 bits per heavy atom. The first-order chi connectivity index (χ1) is 10.5. The third-order valence-electron chi connectivity index (χ3n) is 3.93. The van der Waals surface area contributed by atoms with Gasteiger partial charge in [0.15, 0.2) is 0 Å². The van der Waals surface area contributed by atoms with Crippen molar-refractivity contribution in [2.24, 2.45) is 5.92 Å². The summed E-state index contributed by atoms with van der Waals surface area (Å²) >= 11 is 0. The lowest BCUT2D eigenvalue weighted by atomic mass is 9.97. The second kappa shape index (κ2) is 7.24. The molecule has 0 aliphatic carbocycles. The van der Waals surface area contributed by atoms with Crippen LogP contribution < -0.4 is 5.32 Å². The van der Waals surface area contributed by atoms with E-state index < -0.39 is 5.97 Å². The standard InChI is InChI=1S/C16H21FN2O3/c1-11-7-12(3-4-14(11)17)8-13-5-6-19(10-13)16(21)18-9-15(20)22-2/h3-4,7,13H,5-6,8-10H2,1-2H3,(H,18,21). The Labute approximate surface area is 129 Å². The molecule has 1 aliphatic rings. The van der Waals surface area contributed by atoms with E-state index in [-0.39, 0.29) is 18.4 Å². The van der Waals surface area contributed by atoms with Crippen LogP contribution in [0.2, 0.25) is 0 Å². The van der Waals surface area contributed by atoms with Gasteiger partial charge in [0.1, 0.15) is 12.4 Å². The number of nitrogens with one attached hydrogen (secondary N) is 1. The summed E-state index contributed by atoms with van der Waals surface area (Å²) in [5, 5.41) is 2.54. The number of aryl methyl sites for hydroxylation is 1. The minimum Gasteiger partial charge on any atom is -0.468 e. The lowest BCUT2D eigenvalue weighted by molar-refractivity contribution is -0.139. The summed E-state index contributed by atoms with van der Waals surface area (Å²) in [7, 11) is 1.28. The highest BCUT2D eigenvalue weighted by Crippen LogP contribution is 2.22. The molecular formula is C16H21FN2O3. The second-order valence-corrected chi connectivity index (χ2v) is 5.62. The molecule has 1 saturated heterocycles. The first kappa shape index (κ1) is 16.3. The van der Waals surface area contributed by atoms with E-state index in [4.69, 9.17) is 0 Å². The fraction of sp³-hybridized carbons (Fsp3) is 0.500. The van der Waals surface area contributed by atoms with Crippen LogP contribution in [0.5, 0.6) is 0 Å². The summed E-state index contributed by atoms with van der Waals surface area (Å²) in [5.74, 6) is -0.307. The second-order valence-electron chi connectivity index (χ2n) is 5.62. The highest BCUT2D eigenvalue weighted by molar-refractivity contribution is 5.80. The molecule has 1 aromatic carbocycles. The third kappa shape index (κ3) is 4.19. The molecule has 0 radical (unpaired) electrons. The number of ether oxygens (including phenoxy) is 1. The minimum atomic E-state index is -0.467. The van der Waals surface area contributed by atoms with Crippen molar-refractivity contribution in [2.45, 2.75) is 19.8 Å². The van der Waals surface area contributed by atoms with Crippen LogP contribution in [0.4, 0.5) is 9.18 Å². The maximum absolute atomic E-state index is 13.3. The Hall–Kier alpha value is -2.11. The van der Waals surface area contributed by atoms with Gasteiger partial charge >= 0.3 is 12.0 Å². The summed E-state index contributed by atoms with van der Waals surface area (Å²) in [6.07, 6.45) is 1.73. The first-order valence-corrected chi connectivity index (χ1v) is 7.34. The monoisotopic (exact) mass is 308 g/mol. The van der Waals surface area contributed by atoms with Crippen LogP contribution >= 0.6 is 0 Å². The third-order valence-corrected chi connectivity index (χ3v) is 3.93. The number of likely N-dealkylation sites (tertiary alicyclic amines) is 1. The highest BCUT2D eigenvalue weighted by Gasteiger charge is 2.26. The van der Waals surface area contributed by atoms with Crippen molar-refractivity contribution < 1.29 is 18.7 Å². The number of hydrogen-bond acceptors (Lipinski definition) is 3. The van der Waals surface area contributed by atoms with Crippen LogP contribution in [0.3, 0.4) is 0 Å². The minimum absolute atomic E-state index is 0.117. The number of esters is 1. The molecule has 2 amide bonds. The van der Waals surface area contributed by atoms with Gasteiger partial charge in [0.2, 0.25) is 0 Å². The van der Waals surface area contributed by atoms with E-state index in [1.807, 2.05) is 6.07 Å². The molecule has 5 nitrogen and oxygen atoms in total.